The summed E-state index contributed by atoms with van der Waals surface area (Å²) in [6.07, 6.45) is 0. The highest BCUT2D eigenvalue weighted by Gasteiger charge is 2.20. The summed E-state index contributed by atoms with van der Waals surface area (Å²) < 4.78 is 13.2. The van der Waals surface area contributed by atoms with E-state index in [4.69, 9.17) is 5.73 Å². The van der Waals surface area contributed by atoms with Crippen LogP contribution in [0.5, 0.6) is 0 Å². The highest BCUT2D eigenvalue weighted by molar-refractivity contribution is 5.98. The summed E-state index contributed by atoms with van der Waals surface area (Å²) in [5.41, 5.74) is 4.82. The van der Waals surface area contributed by atoms with Crippen LogP contribution in [0.4, 0.5) is 0 Å². The maximum Gasteiger partial charge on any atom is 0.375 e. The first-order valence-electron chi connectivity index (χ1n) is 3.28. The number of nitrogens with two attached hydrogens (primary N) is 1. The van der Waals surface area contributed by atoms with Gasteiger partial charge in [0.15, 0.2) is 5.70 Å². The fourth-order valence-corrected chi connectivity index (χ4v) is 0.599. The molecule has 0 saturated heterocycles. The van der Waals surface area contributed by atoms with Crippen molar-refractivity contribution < 1.29 is 23.8 Å². The largest absolute Gasteiger partial charge is 0.488 e. The summed E-state index contributed by atoms with van der Waals surface area (Å²) in [4.78, 5) is 21.8. The van der Waals surface area contributed by atoms with E-state index in [-0.39, 0.29) is 5.76 Å². The predicted octanol–water partition coefficient (Wildman–Crippen LogP) is -0.851. The Balaban J connectivity index is 4.89. The minimum atomic E-state index is -0.845. The lowest BCUT2D eigenvalue weighted by molar-refractivity contribution is -0.142. The van der Waals surface area contributed by atoms with Gasteiger partial charge < -0.3 is 19.9 Å². The molecule has 0 rings (SSSR count). The summed E-state index contributed by atoms with van der Waals surface area (Å²) in [5.74, 6) is -2.04. The molecule has 0 spiro atoms. The van der Waals surface area contributed by atoms with Crippen molar-refractivity contribution in [1.82, 2.24) is 0 Å². The number of hydrogen-bond donors (Lipinski definition) is 1. The lowest BCUT2D eigenvalue weighted by Gasteiger charge is -2.06. The molecule has 0 aromatic heterocycles. The number of esters is 2. The molecule has 0 saturated carbocycles. The van der Waals surface area contributed by atoms with Crippen LogP contribution >= 0.6 is 0 Å². The summed E-state index contributed by atoms with van der Waals surface area (Å²) in [6.45, 7) is 0. The molecule has 6 heteroatoms. The van der Waals surface area contributed by atoms with Crippen LogP contribution in [0.3, 0.4) is 0 Å². The van der Waals surface area contributed by atoms with E-state index in [1.165, 1.54) is 7.11 Å². The summed E-state index contributed by atoms with van der Waals surface area (Å²) in [6, 6.07) is 0. The van der Waals surface area contributed by atoms with Crippen LogP contribution in [-0.2, 0) is 23.8 Å². The van der Waals surface area contributed by atoms with Crippen molar-refractivity contribution >= 4 is 11.9 Å². The number of carbonyl (C=O) groups is 2. The zero-order valence-corrected chi connectivity index (χ0v) is 7.62. The van der Waals surface area contributed by atoms with Crippen molar-refractivity contribution in [2.45, 2.75) is 0 Å². The lowest BCUT2D eigenvalue weighted by Crippen LogP contribution is -2.21. The van der Waals surface area contributed by atoms with Crippen LogP contribution in [0.25, 0.3) is 0 Å². The van der Waals surface area contributed by atoms with Gasteiger partial charge in [-0.2, -0.15) is 0 Å². The number of methoxy groups -OCH3 is 3. The van der Waals surface area contributed by atoms with Gasteiger partial charge in [0, 0.05) is 0 Å². The lowest BCUT2D eigenvalue weighted by atomic mass is 10.3. The zero-order valence-electron chi connectivity index (χ0n) is 7.62. The molecule has 0 atom stereocenters. The van der Waals surface area contributed by atoms with Gasteiger partial charge in [-0.3, -0.25) is 0 Å². The van der Waals surface area contributed by atoms with E-state index in [9.17, 15) is 9.59 Å². The molecule has 0 bridgehead atoms. The topological polar surface area (TPSA) is 87.9 Å². The van der Waals surface area contributed by atoms with Crippen molar-refractivity contribution in [2.75, 3.05) is 21.3 Å². The van der Waals surface area contributed by atoms with Crippen LogP contribution in [-0.4, -0.2) is 33.3 Å². The van der Waals surface area contributed by atoms with Gasteiger partial charge in [0.25, 0.3) is 0 Å². The fraction of sp³-hybridized carbons (Fsp3) is 0.429. The summed E-state index contributed by atoms with van der Waals surface area (Å²) in [7, 11) is 3.48. The second-order valence-corrected chi connectivity index (χ2v) is 1.93. The van der Waals surface area contributed by atoms with Gasteiger partial charge in [0.1, 0.15) is 0 Å². The molecular weight excluding hydrogens is 178 g/mol. The average Bonchev–Trinajstić information content (AvgIpc) is 2.17. The Kier molecular flexibility index (Phi) is 4.36. The Morgan fingerprint density at radius 2 is 1.38 bits per heavy atom. The average molecular weight is 189 g/mol. The molecule has 6 nitrogen and oxygen atoms in total. The van der Waals surface area contributed by atoms with Crippen LogP contribution in [0, 0.1) is 0 Å². The highest BCUT2D eigenvalue weighted by Crippen LogP contribution is 2.03. The zero-order chi connectivity index (χ0) is 10.4. The van der Waals surface area contributed by atoms with Gasteiger partial charge in [0.05, 0.1) is 21.3 Å². The molecule has 0 aliphatic carbocycles. The van der Waals surface area contributed by atoms with Crippen LogP contribution < -0.4 is 5.73 Å². The maximum atomic E-state index is 10.9. The van der Waals surface area contributed by atoms with Crippen molar-refractivity contribution in [2.24, 2.45) is 5.73 Å². The highest BCUT2D eigenvalue weighted by atomic mass is 16.6. The number of carbonyl (C=O) groups excluding carboxylic acids is 2. The standard InChI is InChI=1S/C7H11NO5/c1-11-5(7(10)13-3)4(8)6(9)12-2/h8H2,1-3H3. The quantitative estimate of drug-likeness (QED) is 0.353. The third-order valence-corrected chi connectivity index (χ3v) is 1.22. The molecule has 2 N–H and O–H groups in total. The van der Waals surface area contributed by atoms with E-state index in [0.717, 1.165) is 14.2 Å². The fourth-order valence-electron chi connectivity index (χ4n) is 0.599. The molecule has 0 heterocycles. The second-order valence-electron chi connectivity index (χ2n) is 1.93. The van der Waals surface area contributed by atoms with Gasteiger partial charge >= 0.3 is 11.9 Å². The van der Waals surface area contributed by atoms with E-state index >= 15 is 0 Å². The molecule has 0 aliphatic heterocycles. The first kappa shape index (κ1) is 11.3. The summed E-state index contributed by atoms with van der Waals surface area (Å²) in [5, 5.41) is 0. The Morgan fingerprint density at radius 1 is 0.923 bits per heavy atom. The van der Waals surface area contributed by atoms with E-state index in [0.29, 0.717) is 0 Å². The Labute approximate surface area is 75.2 Å². The summed E-state index contributed by atoms with van der Waals surface area (Å²) >= 11 is 0. The van der Waals surface area contributed by atoms with Crippen molar-refractivity contribution in [3.63, 3.8) is 0 Å². The smallest absolute Gasteiger partial charge is 0.375 e. The van der Waals surface area contributed by atoms with Gasteiger partial charge in [-0.05, 0) is 0 Å². The molecule has 0 radical (unpaired) electrons. The molecule has 13 heavy (non-hydrogen) atoms. The van der Waals surface area contributed by atoms with Gasteiger partial charge in [-0.1, -0.05) is 0 Å². The van der Waals surface area contributed by atoms with Gasteiger partial charge in [0.2, 0.25) is 5.76 Å². The maximum absolute atomic E-state index is 10.9. The van der Waals surface area contributed by atoms with E-state index < -0.39 is 17.6 Å². The van der Waals surface area contributed by atoms with Crippen molar-refractivity contribution in [1.29, 1.82) is 0 Å². The van der Waals surface area contributed by atoms with Gasteiger partial charge in [-0.25, -0.2) is 9.59 Å². The Hall–Kier alpha value is -1.72. The van der Waals surface area contributed by atoms with Crippen molar-refractivity contribution in [3.05, 3.63) is 11.5 Å². The number of ether oxygens (including phenoxy) is 3. The predicted molar refractivity (Wildman–Crippen MR) is 42.3 cm³/mol. The second kappa shape index (κ2) is 5.02. The minimum absolute atomic E-state index is 0.366. The Bertz CT molecular complexity index is 245. The monoisotopic (exact) mass is 189 g/mol. The van der Waals surface area contributed by atoms with Crippen molar-refractivity contribution in [3.8, 4) is 0 Å². The SMILES string of the molecule is COC(=O)C(N)=C(OC)C(=O)OC. The minimum Gasteiger partial charge on any atom is -0.488 e. The third-order valence-electron chi connectivity index (χ3n) is 1.22. The van der Waals surface area contributed by atoms with Gasteiger partial charge in [-0.15, -0.1) is 0 Å². The van der Waals surface area contributed by atoms with Crippen LogP contribution in [0.2, 0.25) is 0 Å². The molecule has 0 aromatic rings. The molecule has 0 amide bonds. The van der Waals surface area contributed by atoms with Crippen LogP contribution in [0.1, 0.15) is 0 Å². The normalized spacial score (nSPS) is 11.3. The molecule has 0 aromatic carbocycles. The number of rotatable bonds is 3. The third kappa shape index (κ3) is 2.66. The number of hydrogen-bond acceptors (Lipinski definition) is 6. The molecule has 74 valence electrons. The first-order valence-corrected chi connectivity index (χ1v) is 3.28. The molecule has 0 aliphatic rings. The van der Waals surface area contributed by atoms with E-state index in [1.54, 1.807) is 0 Å². The molecule has 0 unspecified atom stereocenters. The molecular formula is C7H11NO5. The van der Waals surface area contributed by atoms with Crippen LogP contribution in [0.15, 0.2) is 11.5 Å². The van der Waals surface area contributed by atoms with E-state index in [1.807, 2.05) is 0 Å². The first-order chi connectivity index (χ1) is 6.08. The van der Waals surface area contributed by atoms with E-state index in [2.05, 4.69) is 14.2 Å². The Morgan fingerprint density at radius 3 is 1.69 bits per heavy atom. The molecule has 0 fully saturated rings.